The first-order valence-electron chi connectivity index (χ1n) is 8.55. The van der Waals surface area contributed by atoms with E-state index in [1.54, 1.807) is 7.11 Å². The van der Waals surface area contributed by atoms with Crippen LogP contribution >= 0.6 is 0 Å². The maximum absolute atomic E-state index is 12.6. The fourth-order valence-corrected chi connectivity index (χ4v) is 3.23. The van der Waals surface area contributed by atoms with Crippen LogP contribution in [0.15, 0.2) is 24.3 Å². The van der Waals surface area contributed by atoms with E-state index in [-0.39, 0.29) is 17.4 Å². The lowest BCUT2D eigenvalue weighted by atomic mass is 9.81. The van der Waals surface area contributed by atoms with Gasteiger partial charge in [-0.25, -0.2) is 0 Å². The summed E-state index contributed by atoms with van der Waals surface area (Å²) in [5, 5.41) is 6.60. The topological polar surface area (TPSA) is 50.4 Å². The molecule has 0 aliphatic carbocycles. The fourth-order valence-electron chi connectivity index (χ4n) is 3.23. The third-order valence-electron chi connectivity index (χ3n) is 4.55. The van der Waals surface area contributed by atoms with Crippen LogP contribution in [0.2, 0.25) is 0 Å². The predicted molar refractivity (Wildman–Crippen MR) is 93.5 cm³/mol. The van der Waals surface area contributed by atoms with Gasteiger partial charge in [-0.05, 0) is 43.3 Å². The summed E-state index contributed by atoms with van der Waals surface area (Å²) < 4.78 is 5.49. The van der Waals surface area contributed by atoms with Crippen molar-refractivity contribution in [3.05, 3.63) is 29.8 Å². The lowest BCUT2D eigenvalue weighted by Gasteiger charge is -2.33. The molecule has 0 spiro atoms. The number of carbonyl (C=O) groups is 1. The molecule has 128 valence electrons. The smallest absolute Gasteiger partial charge is 0.220 e. The quantitative estimate of drug-likeness (QED) is 0.876. The lowest BCUT2D eigenvalue weighted by molar-refractivity contribution is -0.123. The van der Waals surface area contributed by atoms with Gasteiger partial charge in [-0.2, -0.15) is 0 Å². The zero-order valence-corrected chi connectivity index (χ0v) is 14.8. The molecule has 23 heavy (non-hydrogen) atoms. The third kappa shape index (κ3) is 4.96. The van der Waals surface area contributed by atoms with Gasteiger partial charge in [0.05, 0.1) is 13.2 Å². The molecule has 0 aromatic heterocycles. The Balaban J connectivity index is 2.11. The van der Waals surface area contributed by atoms with Gasteiger partial charge in [0.15, 0.2) is 0 Å². The summed E-state index contributed by atoms with van der Waals surface area (Å²) in [7, 11) is 1.68. The molecule has 1 aromatic rings. The van der Waals surface area contributed by atoms with E-state index in [9.17, 15) is 4.79 Å². The second-order valence-electron chi connectivity index (χ2n) is 7.51. The Hall–Kier alpha value is -1.55. The van der Waals surface area contributed by atoms with Crippen LogP contribution in [0.1, 0.15) is 51.6 Å². The lowest BCUT2D eigenvalue weighted by Crippen LogP contribution is -2.38. The first-order valence-corrected chi connectivity index (χ1v) is 8.55. The van der Waals surface area contributed by atoms with Gasteiger partial charge in [-0.15, -0.1) is 0 Å². The van der Waals surface area contributed by atoms with Gasteiger partial charge >= 0.3 is 0 Å². The summed E-state index contributed by atoms with van der Waals surface area (Å²) in [6, 6.07) is 7.88. The average Bonchev–Trinajstić information content (AvgIpc) is 2.52. The van der Waals surface area contributed by atoms with Gasteiger partial charge in [-0.1, -0.05) is 39.0 Å². The maximum Gasteiger partial charge on any atom is 0.220 e. The van der Waals surface area contributed by atoms with Crippen molar-refractivity contribution in [3.8, 4) is 5.75 Å². The van der Waals surface area contributed by atoms with Gasteiger partial charge in [-0.3, -0.25) is 4.79 Å². The molecule has 4 heteroatoms. The van der Waals surface area contributed by atoms with Crippen molar-refractivity contribution in [1.29, 1.82) is 0 Å². The monoisotopic (exact) mass is 318 g/mol. The van der Waals surface area contributed by atoms with E-state index >= 15 is 0 Å². The van der Waals surface area contributed by atoms with Gasteiger partial charge in [0.25, 0.3) is 0 Å². The number of hydrogen-bond acceptors (Lipinski definition) is 3. The largest absolute Gasteiger partial charge is 0.496 e. The molecule has 1 amide bonds. The zero-order valence-electron chi connectivity index (χ0n) is 14.8. The Bertz CT molecular complexity index is 516. The first kappa shape index (κ1) is 17.8. The van der Waals surface area contributed by atoms with E-state index < -0.39 is 0 Å². The molecule has 1 aliphatic rings. The number of piperidine rings is 1. The van der Waals surface area contributed by atoms with Crippen LogP contribution in [0, 0.1) is 11.3 Å². The van der Waals surface area contributed by atoms with Crippen molar-refractivity contribution in [2.75, 3.05) is 20.2 Å². The van der Waals surface area contributed by atoms with Crippen molar-refractivity contribution in [3.63, 3.8) is 0 Å². The Kier molecular flexibility index (Phi) is 6.05. The van der Waals surface area contributed by atoms with E-state index in [4.69, 9.17) is 4.74 Å². The second-order valence-corrected chi connectivity index (χ2v) is 7.51. The van der Waals surface area contributed by atoms with E-state index in [2.05, 4.69) is 31.4 Å². The minimum absolute atomic E-state index is 0.0622. The minimum atomic E-state index is -0.0849. The number of rotatable bonds is 5. The predicted octanol–water partition coefficient (Wildman–Crippen LogP) is 3.29. The van der Waals surface area contributed by atoms with E-state index in [0.717, 1.165) is 37.2 Å². The molecule has 1 heterocycles. The summed E-state index contributed by atoms with van der Waals surface area (Å²) >= 11 is 0. The number of para-hydroxylation sites is 1. The number of hydrogen-bond donors (Lipinski definition) is 2. The third-order valence-corrected chi connectivity index (χ3v) is 4.55. The van der Waals surface area contributed by atoms with Crippen molar-refractivity contribution < 1.29 is 9.53 Å². The van der Waals surface area contributed by atoms with E-state index in [1.807, 2.05) is 24.3 Å². The molecular weight excluding hydrogens is 288 g/mol. The minimum Gasteiger partial charge on any atom is -0.496 e. The van der Waals surface area contributed by atoms with E-state index in [1.165, 1.54) is 0 Å². The van der Waals surface area contributed by atoms with Crippen molar-refractivity contribution >= 4 is 5.91 Å². The molecule has 1 unspecified atom stereocenters. The molecule has 1 aliphatic heterocycles. The molecule has 1 fully saturated rings. The maximum atomic E-state index is 12.6. The molecule has 2 rings (SSSR count). The van der Waals surface area contributed by atoms with Crippen molar-refractivity contribution in [1.82, 2.24) is 10.6 Å². The number of ether oxygens (including phenoxy) is 1. The van der Waals surface area contributed by atoms with Crippen LogP contribution in [0.5, 0.6) is 5.75 Å². The highest BCUT2D eigenvalue weighted by Crippen LogP contribution is 2.37. The molecule has 0 saturated carbocycles. The van der Waals surface area contributed by atoms with Gasteiger partial charge < -0.3 is 15.4 Å². The molecule has 1 saturated heterocycles. The summed E-state index contributed by atoms with van der Waals surface area (Å²) in [5.74, 6) is 1.46. The van der Waals surface area contributed by atoms with Crippen LogP contribution < -0.4 is 15.4 Å². The van der Waals surface area contributed by atoms with Gasteiger partial charge in [0.2, 0.25) is 5.91 Å². The Morgan fingerprint density at radius 1 is 1.30 bits per heavy atom. The highest BCUT2D eigenvalue weighted by Gasteiger charge is 2.30. The first-order chi connectivity index (χ1) is 10.9. The summed E-state index contributed by atoms with van der Waals surface area (Å²) in [5.41, 5.74) is 0.958. The van der Waals surface area contributed by atoms with Crippen molar-refractivity contribution in [2.24, 2.45) is 11.3 Å². The Morgan fingerprint density at radius 3 is 2.57 bits per heavy atom. The highest BCUT2D eigenvalue weighted by molar-refractivity contribution is 5.77. The van der Waals surface area contributed by atoms with E-state index in [0.29, 0.717) is 12.3 Å². The molecule has 4 nitrogen and oxygen atoms in total. The average molecular weight is 318 g/mol. The van der Waals surface area contributed by atoms with Crippen LogP contribution in [0.4, 0.5) is 0 Å². The highest BCUT2D eigenvalue weighted by atomic mass is 16.5. The van der Waals surface area contributed by atoms with Gasteiger partial charge in [0.1, 0.15) is 5.75 Å². The molecule has 0 bridgehead atoms. The zero-order chi connectivity index (χ0) is 16.9. The molecule has 1 atom stereocenters. The standard InChI is InChI=1S/C19H30N2O2/c1-19(2,3)18(15-7-5-6-8-16(15)23-4)21-17(22)13-14-9-11-20-12-10-14/h5-8,14,18,20H,9-13H2,1-4H3,(H,21,22). The van der Waals surface area contributed by atoms with Crippen LogP contribution in [-0.2, 0) is 4.79 Å². The molecule has 2 N–H and O–H groups in total. The van der Waals surface area contributed by atoms with Crippen LogP contribution in [0.25, 0.3) is 0 Å². The number of methoxy groups -OCH3 is 1. The fraction of sp³-hybridized carbons (Fsp3) is 0.632. The summed E-state index contributed by atoms with van der Waals surface area (Å²) in [6.45, 7) is 8.49. The number of benzene rings is 1. The number of nitrogens with one attached hydrogen (secondary N) is 2. The SMILES string of the molecule is COc1ccccc1C(NC(=O)CC1CCNCC1)C(C)(C)C. The van der Waals surface area contributed by atoms with Crippen LogP contribution in [0.3, 0.4) is 0 Å². The summed E-state index contributed by atoms with van der Waals surface area (Å²) in [6.07, 6.45) is 2.79. The van der Waals surface area contributed by atoms with Crippen LogP contribution in [-0.4, -0.2) is 26.1 Å². The molecular formula is C19H30N2O2. The van der Waals surface area contributed by atoms with Crippen molar-refractivity contribution in [2.45, 2.75) is 46.1 Å². The Morgan fingerprint density at radius 2 is 1.96 bits per heavy atom. The molecule has 1 aromatic carbocycles. The Labute approximate surface area is 140 Å². The van der Waals surface area contributed by atoms with Gasteiger partial charge in [0, 0.05) is 12.0 Å². The second kappa shape index (κ2) is 7.82. The number of amides is 1. The normalized spacial score (nSPS) is 17.6. The number of carbonyl (C=O) groups excluding carboxylic acids is 1. The molecule has 0 radical (unpaired) electrons. The summed E-state index contributed by atoms with van der Waals surface area (Å²) in [4.78, 5) is 12.6.